The van der Waals surface area contributed by atoms with E-state index in [0.29, 0.717) is 48.8 Å². The fourth-order valence-corrected chi connectivity index (χ4v) is 3.40. The molecule has 0 unspecified atom stereocenters. The largest absolute Gasteiger partial charge is 0.335 e. The average molecular weight is 440 g/mol. The summed E-state index contributed by atoms with van der Waals surface area (Å²) in [7, 11) is 0. The first kappa shape index (κ1) is 18.4. The van der Waals surface area contributed by atoms with Crippen molar-refractivity contribution in [1.29, 1.82) is 0 Å². The lowest BCUT2D eigenvalue weighted by Gasteiger charge is -2.34. The van der Waals surface area contributed by atoms with Gasteiger partial charge in [0.15, 0.2) is 0 Å². The number of H-pyrrole nitrogens is 1. The molecule has 3 heterocycles. The van der Waals surface area contributed by atoms with E-state index in [2.05, 4.69) is 31.1 Å². The Balaban J connectivity index is 1.38. The van der Waals surface area contributed by atoms with E-state index in [-0.39, 0.29) is 11.8 Å². The van der Waals surface area contributed by atoms with E-state index in [1.165, 1.54) is 0 Å². The summed E-state index contributed by atoms with van der Waals surface area (Å²) in [6, 6.07) is 14.6. The highest BCUT2D eigenvalue weighted by molar-refractivity contribution is 9.10. The number of halogens is 1. The Kier molecular flexibility index (Phi) is 5.21. The molecule has 0 bridgehead atoms. The Morgan fingerprint density at radius 1 is 0.893 bits per heavy atom. The van der Waals surface area contributed by atoms with Crippen molar-refractivity contribution < 1.29 is 9.59 Å². The van der Waals surface area contributed by atoms with Crippen molar-refractivity contribution in [2.24, 2.45) is 0 Å². The molecule has 1 N–H and O–H groups in total. The number of amides is 2. The highest BCUT2D eigenvalue weighted by Crippen LogP contribution is 2.17. The first-order chi connectivity index (χ1) is 13.6. The minimum atomic E-state index is -0.120. The zero-order chi connectivity index (χ0) is 19.5. The van der Waals surface area contributed by atoms with Gasteiger partial charge >= 0.3 is 0 Å². The van der Waals surface area contributed by atoms with E-state index in [0.717, 1.165) is 4.47 Å². The molecule has 142 valence electrons. The monoisotopic (exact) mass is 439 g/mol. The Morgan fingerprint density at radius 2 is 1.57 bits per heavy atom. The topological polar surface area (TPSA) is 82.2 Å². The van der Waals surface area contributed by atoms with Crippen LogP contribution in [0.4, 0.5) is 0 Å². The van der Waals surface area contributed by atoms with E-state index >= 15 is 0 Å². The van der Waals surface area contributed by atoms with E-state index < -0.39 is 0 Å². The summed E-state index contributed by atoms with van der Waals surface area (Å²) in [6.07, 6.45) is 1.69. The van der Waals surface area contributed by atoms with Gasteiger partial charge in [-0.3, -0.25) is 19.7 Å². The molecule has 4 rings (SSSR count). The molecule has 1 aromatic carbocycles. The van der Waals surface area contributed by atoms with Crippen LogP contribution in [0.1, 0.15) is 20.8 Å². The van der Waals surface area contributed by atoms with E-state index in [1.54, 1.807) is 34.2 Å². The zero-order valence-electron chi connectivity index (χ0n) is 15.0. The van der Waals surface area contributed by atoms with Crippen LogP contribution < -0.4 is 0 Å². The number of pyridine rings is 1. The van der Waals surface area contributed by atoms with Crippen LogP contribution in [0.2, 0.25) is 0 Å². The van der Waals surface area contributed by atoms with Gasteiger partial charge < -0.3 is 9.80 Å². The number of nitrogens with one attached hydrogen (secondary N) is 1. The zero-order valence-corrected chi connectivity index (χ0v) is 16.6. The van der Waals surface area contributed by atoms with Crippen LogP contribution in [-0.2, 0) is 0 Å². The van der Waals surface area contributed by atoms with Crippen LogP contribution in [-0.4, -0.2) is 63.0 Å². The molecule has 1 fully saturated rings. The molecule has 1 aliphatic rings. The van der Waals surface area contributed by atoms with Gasteiger partial charge in [-0.25, -0.2) is 0 Å². The number of carbonyl (C=O) groups excluding carboxylic acids is 2. The summed E-state index contributed by atoms with van der Waals surface area (Å²) in [5.41, 5.74) is 2.42. The number of hydrogen-bond acceptors (Lipinski definition) is 4. The first-order valence-corrected chi connectivity index (χ1v) is 9.72. The van der Waals surface area contributed by atoms with Crippen LogP contribution in [0.5, 0.6) is 0 Å². The van der Waals surface area contributed by atoms with Crippen molar-refractivity contribution in [3.63, 3.8) is 0 Å². The van der Waals surface area contributed by atoms with Crippen LogP contribution in [0.25, 0.3) is 11.4 Å². The quantitative estimate of drug-likeness (QED) is 0.679. The molecule has 0 aliphatic carbocycles. The number of aromatic nitrogens is 3. The third-order valence-electron chi connectivity index (χ3n) is 4.68. The number of nitrogens with zero attached hydrogens (tertiary/aromatic N) is 4. The predicted molar refractivity (Wildman–Crippen MR) is 108 cm³/mol. The van der Waals surface area contributed by atoms with E-state index in [1.807, 2.05) is 30.3 Å². The van der Waals surface area contributed by atoms with Crippen molar-refractivity contribution in [2.45, 2.75) is 0 Å². The fraction of sp³-hybridized carbons (Fsp3) is 0.200. The van der Waals surface area contributed by atoms with Gasteiger partial charge in [-0.15, -0.1) is 0 Å². The molecule has 1 saturated heterocycles. The van der Waals surface area contributed by atoms with Gasteiger partial charge in [-0.1, -0.05) is 22.0 Å². The van der Waals surface area contributed by atoms with Gasteiger partial charge in [0.2, 0.25) is 0 Å². The number of piperazine rings is 1. The SMILES string of the molecule is O=C(c1ccc(Br)cc1)N1CCN(C(=O)c2cc(-c3ccccn3)n[nH]2)CC1. The summed E-state index contributed by atoms with van der Waals surface area (Å²) in [5.74, 6) is -0.135. The number of carbonyl (C=O) groups is 2. The van der Waals surface area contributed by atoms with Crippen molar-refractivity contribution >= 4 is 27.7 Å². The highest BCUT2D eigenvalue weighted by Gasteiger charge is 2.26. The molecule has 2 aromatic heterocycles. The number of aromatic amines is 1. The minimum Gasteiger partial charge on any atom is -0.335 e. The molecular formula is C20H18BrN5O2. The third kappa shape index (κ3) is 3.82. The molecule has 0 atom stereocenters. The number of rotatable bonds is 3. The van der Waals surface area contributed by atoms with Crippen molar-refractivity contribution in [3.05, 3.63) is 70.5 Å². The maximum atomic E-state index is 12.8. The lowest BCUT2D eigenvalue weighted by molar-refractivity contribution is 0.0532. The molecule has 7 nitrogen and oxygen atoms in total. The van der Waals surface area contributed by atoms with Gasteiger partial charge in [-0.05, 0) is 42.5 Å². The molecule has 8 heteroatoms. The normalized spacial score (nSPS) is 14.2. The van der Waals surface area contributed by atoms with Gasteiger partial charge in [-0.2, -0.15) is 5.10 Å². The second kappa shape index (κ2) is 7.93. The predicted octanol–water partition coefficient (Wildman–Crippen LogP) is 2.83. The summed E-state index contributed by atoms with van der Waals surface area (Å²) < 4.78 is 0.934. The van der Waals surface area contributed by atoms with Crippen molar-refractivity contribution in [2.75, 3.05) is 26.2 Å². The third-order valence-corrected chi connectivity index (χ3v) is 5.21. The Labute approximate surface area is 170 Å². The number of hydrogen-bond donors (Lipinski definition) is 1. The average Bonchev–Trinajstić information content (AvgIpc) is 3.24. The molecular weight excluding hydrogens is 422 g/mol. The Morgan fingerprint density at radius 3 is 2.21 bits per heavy atom. The van der Waals surface area contributed by atoms with Gasteiger partial charge in [0.25, 0.3) is 11.8 Å². The lowest BCUT2D eigenvalue weighted by Crippen LogP contribution is -2.50. The Bertz CT molecular complexity index is 979. The highest BCUT2D eigenvalue weighted by atomic mass is 79.9. The molecule has 0 radical (unpaired) electrons. The summed E-state index contributed by atoms with van der Waals surface area (Å²) in [5, 5.41) is 6.99. The Hall–Kier alpha value is -3.00. The second-order valence-electron chi connectivity index (χ2n) is 6.47. The molecule has 0 spiro atoms. The molecule has 0 saturated carbocycles. The maximum absolute atomic E-state index is 12.8. The second-order valence-corrected chi connectivity index (χ2v) is 7.39. The fourth-order valence-electron chi connectivity index (χ4n) is 3.13. The van der Waals surface area contributed by atoms with E-state index in [9.17, 15) is 9.59 Å². The molecule has 2 amide bonds. The van der Waals surface area contributed by atoms with Gasteiger partial charge in [0, 0.05) is 42.4 Å². The molecule has 3 aromatic rings. The van der Waals surface area contributed by atoms with Crippen LogP contribution >= 0.6 is 15.9 Å². The van der Waals surface area contributed by atoms with Crippen LogP contribution in [0.3, 0.4) is 0 Å². The van der Waals surface area contributed by atoms with Crippen LogP contribution in [0.15, 0.2) is 59.2 Å². The van der Waals surface area contributed by atoms with Gasteiger partial charge in [0.1, 0.15) is 11.4 Å². The van der Waals surface area contributed by atoms with Crippen molar-refractivity contribution in [3.8, 4) is 11.4 Å². The van der Waals surface area contributed by atoms with Crippen molar-refractivity contribution in [1.82, 2.24) is 25.0 Å². The minimum absolute atomic E-state index is 0.0152. The summed E-state index contributed by atoms with van der Waals surface area (Å²) >= 11 is 3.37. The summed E-state index contributed by atoms with van der Waals surface area (Å²) in [4.78, 5) is 33.1. The maximum Gasteiger partial charge on any atom is 0.272 e. The smallest absolute Gasteiger partial charge is 0.272 e. The number of benzene rings is 1. The van der Waals surface area contributed by atoms with E-state index in [4.69, 9.17) is 0 Å². The lowest BCUT2D eigenvalue weighted by atomic mass is 10.1. The first-order valence-electron chi connectivity index (χ1n) is 8.93. The van der Waals surface area contributed by atoms with Gasteiger partial charge in [0.05, 0.1) is 5.69 Å². The van der Waals surface area contributed by atoms with Crippen LogP contribution in [0, 0.1) is 0 Å². The molecule has 1 aliphatic heterocycles. The standard InChI is InChI=1S/C20H18BrN5O2/c21-15-6-4-14(5-7-15)19(27)25-9-11-26(12-10-25)20(28)18-13-17(23-24-18)16-3-1-2-8-22-16/h1-8,13H,9-12H2,(H,23,24). The summed E-state index contributed by atoms with van der Waals surface area (Å²) in [6.45, 7) is 1.97. The molecule has 28 heavy (non-hydrogen) atoms.